The van der Waals surface area contributed by atoms with Crippen molar-refractivity contribution in [1.29, 1.82) is 5.26 Å². The number of nitriles is 1. The van der Waals surface area contributed by atoms with Crippen molar-refractivity contribution < 1.29 is 14.7 Å². The van der Waals surface area contributed by atoms with E-state index in [1.807, 2.05) is 12.1 Å². The molecule has 1 aliphatic carbocycles. The number of amides is 2. The largest absolute Gasteiger partial charge is 0.393 e. The summed E-state index contributed by atoms with van der Waals surface area (Å²) in [7, 11) is 0. The number of aliphatic hydroxyl groups excluding tert-OH is 1. The predicted octanol–water partition coefficient (Wildman–Crippen LogP) is 2.64. The lowest BCUT2D eigenvalue weighted by molar-refractivity contribution is -0.139. The highest BCUT2D eigenvalue weighted by molar-refractivity contribution is 5.89. The zero-order valence-electron chi connectivity index (χ0n) is 17.6. The van der Waals surface area contributed by atoms with Gasteiger partial charge in [-0.25, -0.2) is 0 Å². The highest BCUT2D eigenvalue weighted by atomic mass is 16.3. The summed E-state index contributed by atoms with van der Waals surface area (Å²) in [6.45, 7) is 3.68. The Hall–Kier alpha value is -2.59. The molecule has 3 fully saturated rings. The second-order valence-electron chi connectivity index (χ2n) is 9.04. The SMILES string of the molecule is CC(=O)Nc1ccc(N2CCC[C@]3(CCN(C4CCC(O)CC4)C3=O)C2)c(C#N)c1. The Labute approximate surface area is 177 Å². The number of piperidine rings is 1. The van der Waals surface area contributed by atoms with Gasteiger partial charge in [0.25, 0.3) is 0 Å². The molecule has 2 amide bonds. The van der Waals surface area contributed by atoms with Crippen molar-refractivity contribution in [3.05, 3.63) is 23.8 Å². The second kappa shape index (κ2) is 8.27. The van der Waals surface area contributed by atoms with Gasteiger partial charge in [0.2, 0.25) is 11.8 Å². The van der Waals surface area contributed by atoms with Gasteiger partial charge >= 0.3 is 0 Å². The molecule has 160 valence electrons. The Morgan fingerprint density at radius 2 is 2.00 bits per heavy atom. The smallest absolute Gasteiger partial charge is 0.230 e. The maximum absolute atomic E-state index is 13.5. The summed E-state index contributed by atoms with van der Waals surface area (Å²) in [4.78, 5) is 29.1. The van der Waals surface area contributed by atoms with E-state index in [1.54, 1.807) is 6.07 Å². The first kappa shape index (κ1) is 20.7. The molecule has 30 heavy (non-hydrogen) atoms. The van der Waals surface area contributed by atoms with Gasteiger partial charge in [0.05, 0.1) is 22.8 Å². The quantitative estimate of drug-likeness (QED) is 0.799. The minimum absolute atomic E-state index is 0.171. The highest BCUT2D eigenvalue weighted by Crippen LogP contribution is 2.44. The van der Waals surface area contributed by atoms with Crippen LogP contribution in [0.4, 0.5) is 11.4 Å². The summed E-state index contributed by atoms with van der Waals surface area (Å²) >= 11 is 0. The van der Waals surface area contributed by atoms with E-state index in [2.05, 4.69) is 21.2 Å². The van der Waals surface area contributed by atoms with E-state index in [4.69, 9.17) is 0 Å². The van der Waals surface area contributed by atoms with Crippen LogP contribution in [0.15, 0.2) is 18.2 Å². The molecule has 1 aromatic rings. The molecule has 0 aromatic heterocycles. The van der Waals surface area contributed by atoms with Gasteiger partial charge in [-0.1, -0.05) is 0 Å². The van der Waals surface area contributed by atoms with Gasteiger partial charge in [0, 0.05) is 38.3 Å². The molecule has 2 saturated heterocycles. The van der Waals surface area contributed by atoms with E-state index in [9.17, 15) is 20.0 Å². The lowest BCUT2D eigenvalue weighted by atomic mass is 9.78. The monoisotopic (exact) mass is 410 g/mol. The van der Waals surface area contributed by atoms with E-state index >= 15 is 0 Å². The summed E-state index contributed by atoms with van der Waals surface area (Å²) in [5, 5.41) is 22.2. The summed E-state index contributed by atoms with van der Waals surface area (Å²) < 4.78 is 0. The first-order valence-corrected chi connectivity index (χ1v) is 11.0. The van der Waals surface area contributed by atoms with Gasteiger partial charge in [-0.2, -0.15) is 5.26 Å². The standard InChI is InChI=1S/C23H30N4O3/c1-16(28)25-18-3-8-21(17(13-18)14-24)26-11-2-9-23(15-26)10-12-27(22(23)30)19-4-6-20(29)7-5-19/h3,8,13,19-20,29H,2,4-7,9-12,15H2,1H3,(H,25,28)/t19?,20?,23-/m0/s1. The van der Waals surface area contributed by atoms with Crippen LogP contribution in [0.1, 0.15) is 57.4 Å². The molecule has 4 rings (SSSR count). The third kappa shape index (κ3) is 3.89. The molecule has 2 heterocycles. The summed E-state index contributed by atoms with van der Waals surface area (Å²) in [6.07, 6.45) is 5.77. The molecule has 7 nitrogen and oxygen atoms in total. The number of anilines is 2. The van der Waals surface area contributed by atoms with Crippen LogP contribution in [0.25, 0.3) is 0 Å². The molecule has 0 unspecified atom stereocenters. The zero-order chi connectivity index (χ0) is 21.3. The molecular weight excluding hydrogens is 380 g/mol. The number of rotatable bonds is 3. The van der Waals surface area contributed by atoms with Gasteiger partial charge in [-0.15, -0.1) is 0 Å². The maximum atomic E-state index is 13.5. The van der Waals surface area contributed by atoms with Crippen molar-refractivity contribution in [2.24, 2.45) is 5.41 Å². The number of nitrogens with one attached hydrogen (secondary N) is 1. The fourth-order valence-electron chi connectivity index (χ4n) is 5.46. The van der Waals surface area contributed by atoms with E-state index in [1.165, 1.54) is 6.92 Å². The van der Waals surface area contributed by atoms with Gasteiger partial charge in [-0.3, -0.25) is 9.59 Å². The highest BCUT2D eigenvalue weighted by Gasteiger charge is 2.50. The molecule has 7 heteroatoms. The van der Waals surface area contributed by atoms with Crippen LogP contribution in [0.3, 0.4) is 0 Å². The Kier molecular flexibility index (Phi) is 5.70. The van der Waals surface area contributed by atoms with Crippen molar-refractivity contribution in [2.75, 3.05) is 29.9 Å². The van der Waals surface area contributed by atoms with Crippen LogP contribution in [0.2, 0.25) is 0 Å². The van der Waals surface area contributed by atoms with Crippen molar-refractivity contribution in [3.8, 4) is 6.07 Å². The zero-order valence-corrected chi connectivity index (χ0v) is 17.6. The number of hydrogen-bond acceptors (Lipinski definition) is 5. The Bertz CT molecular complexity index is 872. The molecule has 1 atom stereocenters. The number of carbonyl (C=O) groups excluding carboxylic acids is 2. The first-order chi connectivity index (χ1) is 14.4. The van der Waals surface area contributed by atoms with E-state index in [0.717, 1.165) is 63.7 Å². The van der Waals surface area contributed by atoms with Gasteiger partial charge in [0.15, 0.2) is 0 Å². The van der Waals surface area contributed by atoms with E-state index < -0.39 is 0 Å². The molecule has 1 spiro atoms. The van der Waals surface area contributed by atoms with Crippen LogP contribution >= 0.6 is 0 Å². The molecular formula is C23H30N4O3. The van der Waals surface area contributed by atoms with Gasteiger partial charge in [0.1, 0.15) is 6.07 Å². The number of benzene rings is 1. The predicted molar refractivity (Wildman–Crippen MR) is 114 cm³/mol. The van der Waals surface area contributed by atoms with Crippen LogP contribution in [0.5, 0.6) is 0 Å². The first-order valence-electron chi connectivity index (χ1n) is 11.0. The normalized spacial score (nSPS) is 29.2. The van der Waals surface area contributed by atoms with Crippen molar-refractivity contribution >= 4 is 23.2 Å². The van der Waals surface area contributed by atoms with Crippen LogP contribution < -0.4 is 10.2 Å². The average molecular weight is 411 g/mol. The minimum atomic E-state index is -0.378. The summed E-state index contributed by atoms with van der Waals surface area (Å²) in [5.74, 6) is 0.0809. The Morgan fingerprint density at radius 3 is 2.70 bits per heavy atom. The number of carbonyl (C=O) groups is 2. The van der Waals surface area contributed by atoms with Crippen molar-refractivity contribution in [1.82, 2.24) is 4.90 Å². The minimum Gasteiger partial charge on any atom is -0.393 e. The fraction of sp³-hybridized carbons (Fsp3) is 0.609. The molecule has 2 aliphatic heterocycles. The van der Waals surface area contributed by atoms with E-state index in [0.29, 0.717) is 17.8 Å². The summed E-state index contributed by atoms with van der Waals surface area (Å²) in [5.41, 5.74) is 1.58. The van der Waals surface area contributed by atoms with Crippen molar-refractivity contribution in [2.45, 2.75) is 64.0 Å². The summed E-state index contributed by atoms with van der Waals surface area (Å²) in [6, 6.07) is 7.90. The topological polar surface area (TPSA) is 96.7 Å². The lowest BCUT2D eigenvalue weighted by Crippen LogP contribution is -2.50. The fourth-order valence-corrected chi connectivity index (χ4v) is 5.46. The lowest BCUT2D eigenvalue weighted by Gasteiger charge is -2.41. The molecule has 0 bridgehead atoms. The number of nitrogens with zero attached hydrogens (tertiary/aromatic N) is 3. The number of aliphatic hydroxyl groups is 1. The molecule has 0 radical (unpaired) electrons. The number of likely N-dealkylation sites (tertiary alicyclic amines) is 1. The molecule has 1 aromatic carbocycles. The third-order valence-corrected chi connectivity index (χ3v) is 7.01. The Morgan fingerprint density at radius 1 is 1.23 bits per heavy atom. The van der Waals surface area contributed by atoms with Crippen LogP contribution in [0, 0.1) is 16.7 Å². The molecule has 2 N–H and O–H groups in total. The Balaban J connectivity index is 1.52. The molecule has 1 saturated carbocycles. The van der Waals surface area contributed by atoms with E-state index in [-0.39, 0.29) is 29.4 Å². The van der Waals surface area contributed by atoms with Crippen LogP contribution in [-0.2, 0) is 9.59 Å². The van der Waals surface area contributed by atoms with Crippen molar-refractivity contribution in [3.63, 3.8) is 0 Å². The van der Waals surface area contributed by atoms with Gasteiger partial charge < -0.3 is 20.2 Å². The maximum Gasteiger partial charge on any atom is 0.230 e. The third-order valence-electron chi connectivity index (χ3n) is 7.01. The van der Waals surface area contributed by atoms with Gasteiger partial charge in [-0.05, 0) is 63.1 Å². The average Bonchev–Trinajstić information content (AvgIpc) is 3.03. The second-order valence-corrected chi connectivity index (χ2v) is 9.04. The number of hydrogen-bond donors (Lipinski definition) is 2. The molecule has 3 aliphatic rings. The van der Waals surface area contributed by atoms with Crippen LogP contribution in [-0.4, -0.2) is 53.6 Å².